The minimum absolute atomic E-state index is 0.262. The van der Waals surface area contributed by atoms with E-state index < -0.39 is 16.5 Å². The van der Waals surface area contributed by atoms with Gasteiger partial charge >= 0.3 is 0 Å². The zero-order chi connectivity index (χ0) is 16.5. The third-order valence-electron chi connectivity index (χ3n) is 5.33. The number of rotatable bonds is 6. The molecule has 0 saturated heterocycles. The van der Waals surface area contributed by atoms with E-state index in [1.165, 1.54) is 24.9 Å². The minimum atomic E-state index is -1.30. The summed E-state index contributed by atoms with van der Waals surface area (Å²) in [7, 11) is -0.302. The molecule has 1 rings (SSSR count). The summed E-state index contributed by atoms with van der Waals surface area (Å²) in [5, 5.41) is 0. The molecule has 1 fully saturated rings. The van der Waals surface area contributed by atoms with Gasteiger partial charge in [-0.3, -0.25) is 0 Å². The van der Waals surface area contributed by atoms with Crippen LogP contribution >= 0.6 is 0 Å². The van der Waals surface area contributed by atoms with Crippen molar-refractivity contribution in [2.75, 3.05) is 7.05 Å². The van der Waals surface area contributed by atoms with Gasteiger partial charge in [0.2, 0.25) is 0 Å². The van der Waals surface area contributed by atoms with Crippen LogP contribution in [0.5, 0.6) is 0 Å². The van der Waals surface area contributed by atoms with Crippen molar-refractivity contribution in [1.29, 1.82) is 0 Å². The molecule has 0 aliphatic heterocycles. The molecule has 0 spiro atoms. The fourth-order valence-corrected chi connectivity index (χ4v) is 10.5. The largest absolute Gasteiger partial charge is 0.340 e. The standard InChI is InChI=1S/C17H40N2Si2/c1-14-15(12-20(6,7)18-5)10-11-16(14)13-21(8,9)19-17(2,3)4/h14-16,18-19H,10-13H2,1-9H3. The molecule has 2 nitrogen and oxygen atoms in total. The Morgan fingerprint density at radius 1 is 0.905 bits per heavy atom. The zero-order valence-electron chi connectivity index (χ0n) is 16.1. The second-order valence-electron chi connectivity index (χ2n) is 9.76. The van der Waals surface area contributed by atoms with Gasteiger partial charge < -0.3 is 9.96 Å². The van der Waals surface area contributed by atoms with Gasteiger partial charge in [-0.1, -0.05) is 46.0 Å². The summed E-state index contributed by atoms with van der Waals surface area (Å²) in [6, 6.07) is 2.90. The van der Waals surface area contributed by atoms with E-state index in [0.29, 0.717) is 0 Å². The van der Waals surface area contributed by atoms with Gasteiger partial charge in [-0.15, -0.1) is 0 Å². The smallest absolute Gasteiger partial charge is 0.120 e. The molecule has 1 saturated carbocycles. The Kier molecular flexibility index (Phi) is 6.33. The van der Waals surface area contributed by atoms with Crippen molar-refractivity contribution in [2.45, 2.75) is 84.4 Å². The van der Waals surface area contributed by atoms with Crippen LogP contribution in [0, 0.1) is 17.8 Å². The van der Waals surface area contributed by atoms with Gasteiger partial charge in [0.05, 0.1) is 0 Å². The monoisotopic (exact) mass is 328 g/mol. The van der Waals surface area contributed by atoms with Crippen LogP contribution in [0.4, 0.5) is 0 Å². The van der Waals surface area contributed by atoms with Gasteiger partial charge in [-0.25, -0.2) is 0 Å². The summed E-state index contributed by atoms with van der Waals surface area (Å²) in [5.41, 5.74) is 0.262. The maximum Gasteiger partial charge on any atom is 0.120 e. The lowest BCUT2D eigenvalue weighted by Gasteiger charge is -2.36. The van der Waals surface area contributed by atoms with Crippen LogP contribution < -0.4 is 9.96 Å². The quantitative estimate of drug-likeness (QED) is 0.693. The van der Waals surface area contributed by atoms with E-state index >= 15 is 0 Å². The van der Waals surface area contributed by atoms with Gasteiger partial charge in [0.1, 0.15) is 16.5 Å². The highest BCUT2D eigenvalue weighted by atomic mass is 28.3. The van der Waals surface area contributed by atoms with Crippen molar-refractivity contribution >= 4 is 16.5 Å². The second kappa shape index (κ2) is 6.85. The molecule has 0 heterocycles. The predicted molar refractivity (Wildman–Crippen MR) is 102 cm³/mol. The molecule has 4 heteroatoms. The lowest BCUT2D eigenvalue weighted by molar-refractivity contribution is 0.370. The van der Waals surface area contributed by atoms with Crippen molar-refractivity contribution in [3.05, 3.63) is 0 Å². The van der Waals surface area contributed by atoms with E-state index in [4.69, 9.17) is 0 Å². The molecule has 1 aliphatic rings. The summed E-state index contributed by atoms with van der Waals surface area (Å²) in [4.78, 5) is 7.57. The molecule has 0 amide bonds. The van der Waals surface area contributed by atoms with Crippen molar-refractivity contribution in [1.82, 2.24) is 9.96 Å². The molecule has 126 valence electrons. The molecule has 3 unspecified atom stereocenters. The SMILES string of the molecule is CN[Si](C)(C)CC1CCC(C[Si](C)(C)NC(C)(C)C)C1C. The van der Waals surface area contributed by atoms with Gasteiger partial charge in [0.25, 0.3) is 0 Å². The Bertz CT molecular complexity index is 334. The first-order valence-electron chi connectivity index (χ1n) is 8.83. The maximum absolute atomic E-state index is 3.95. The molecular weight excluding hydrogens is 288 g/mol. The molecule has 3 atom stereocenters. The number of hydrogen-bond acceptors (Lipinski definition) is 2. The fourth-order valence-electron chi connectivity index (χ4n) is 4.39. The van der Waals surface area contributed by atoms with Crippen LogP contribution in [-0.2, 0) is 0 Å². The van der Waals surface area contributed by atoms with Crippen LogP contribution in [0.15, 0.2) is 0 Å². The minimum Gasteiger partial charge on any atom is -0.340 e. The van der Waals surface area contributed by atoms with E-state index in [9.17, 15) is 0 Å². The number of hydrogen-bond donors (Lipinski definition) is 2. The highest BCUT2D eigenvalue weighted by Gasteiger charge is 2.40. The van der Waals surface area contributed by atoms with E-state index in [2.05, 4.69) is 70.9 Å². The molecule has 1 aliphatic carbocycles. The van der Waals surface area contributed by atoms with Crippen LogP contribution in [0.3, 0.4) is 0 Å². The van der Waals surface area contributed by atoms with E-state index in [1.54, 1.807) is 0 Å². The van der Waals surface area contributed by atoms with Crippen LogP contribution in [0.2, 0.25) is 38.3 Å². The van der Waals surface area contributed by atoms with Gasteiger partial charge in [0, 0.05) is 5.54 Å². The van der Waals surface area contributed by atoms with Crippen LogP contribution in [-0.4, -0.2) is 29.1 Å². The Balaban J connectivity index is 2.59. The summed E-state index contributed by atoms with van der Waals surface area (Å²) in [5.74, 6) is 2.83. The van der Waals surface area contributed by atoms with Crippen LogP contribution in [0.25, 0.3) is 0 Å². The summed E-state index contributed by atoms with van der Waals surface area (Å²) < 4.78 is 0. The third-order valence-corrected chi connectivity index (χ3v) is 11.2. The Morgan fingerprint density at radius 3 is 1.71 bits per heavy atom. The van der Waals surface area contributed by atoms with Crippen molar-refractivity contribution < 1.29 is 0 Å². The summed E-state index contributed by atoms with van der Waals surface area (Å²) in [6.07, 6.45) is 2.92. The Hall–Kier alpha value is 0.354. The normalized spacial score (nSPS) is 28.1. The highest BCUT2D eigenvalue weighted by Crippen LogP contribution is 2.44. The lowest BCUT2D eigenvalue weighted by atomic mass is 9.94. The molecule has 0 bridgehead atoms. The summed E-state index contributed by atoms with van der Waals surface area (Å²) >= 11 is 0. The molecule has 0 aromatic rings. The molecular formula is C17H40N2Si2. The number of nitrogens with one attached hydrogen (secondary N) is 2. The second-order valence-corrected chi connectivity index (χ2v) is 18.9. The predicted octanol–water partition coefficient (Wildman–Crippen LogP) is 4.67. The summed E-state index contributed by atoms with van der Waals surface area (Å²) in [6.45, 7) is 19.5. The van der Waals surface area contributed by atoms with Crippen molar-refractivity contribution in [2.24, 2.45) is 17.8 Å². The fraction of sp³-hybridized carbons (Fsp3) is 1.00. The van der Waals surface area contributed by atoms with Crippen molar-refractivity contribution in [3.8, 4) is 0 Å². The Labute approximate surface area is 136 Å². The first-order valence-corrected chi connectivity index (χ1v) is 15.2. The third kappa shape index (κ3) is 6.55. The molecule has 0 aromatic heterocycles. The average Bonchev–Trinajstić information content (AvgIpc) is 2.57. The topological polar surface area (TPSA) is 24.1 Å². The van der Waals surface area contributed by atoms with E-state index in [-0.39, 0.29) is 5.54 Å². The average molecular weight is 329 g/mol. The zero-order valence-corrected chi connectivity index (χ0v) is 18.1. The van der Waals surface area contributed by atoms with Gasteiger partial charge in [-0.2, -0.15) is 0 Å². The maximum atomic E-state index is 3.95. The van der Waals surface area contributed by atoms with E-state index in [0.717, 1.165) is 17.8 Å². The molecule has 21 heavy (non-hydrogen) atoms. The van der Waals surface area contributed by atoms with Crippen molar-refractivity contribution in [3.63, 3.8) is 0 Å². The molecule has 2 N–H and O–H groups in total. The molecule has 0 aromatic carbocycles. The lowest BCUT2D eigenvalue weighted by Crippen LogP contribution is -2.55. The van der Waals surface area contributed by atoms with Gasteiger partial charge in [0.15, 0.2) is 0 Å². The van der Waals surface area contributed by atoms with E-state index in [1.807, 2.05) is 0 Å². The first-order chi connectivity index (χ1) is 9.35. The van der Waals surface area contributed by atoms with Crippen LogP contribution in [0.1, 0.15) is 40.5 Å². The van der Waals surface area contributed by atoms with Gasteiger partial charge in [-0.05, 0) is 57.7 Å². The first kappa shape index (κ1) is 19.4. The highest BCUT2D eigenvalue weighted by molar-refractivity contribution is 6.75. The Morgan fingerprint density at radius 2 is 1.33 bits per heavy atom. The molecule has 0 radical (unpaired) electrons.